The van der Waals surface area contributed by atoms with E-state index in [1.807, 2.05) is 0 Å². The molecule has 0 aliphatic rings. The molecule has 3 aromatic rings. The van der Waals surface area contributed by atoms with Gasteiger partial charge in [-0.1, -0.05) is 11.6 Å². The van der Waals surface area contributed by atoms with Gasteiger partial charge < -0.3 is 11.1 Å². The number of hydrogen-bond donors (Lipinski definition) is 2. The Balaban J connectivity index is 2.12. The van der Waals surface area contributed by atoms with E-state index < -0.39 is 0 Å². The van der Waals surface area contributed by atoms with Gasteiger partial charge in [0.2, 0.25) is 0 Å². The minimum Gasteiger partial charge on any atom is -0.397 e. The number of anilines is 3. The van der Waals surface area contributed by atoms with Crippen LogP contribution in [0.25, 0.3) is 11.0 Å². The lowest BCUT2D eigenvalue weighted by Gasteiger charge is -2.11. The predicted octanol–water partition coefficient (Wildman–Crippen LogP) is 3.54. The molecule has 3 N–H and O–H groups in total. The fourth-order valence-electron chi connectivity index (χ4n) is 1.81. The molecule has 98 valence electrons. The lowest BCUT2D eigenvalue weighted by Crippen LogP contribution is -1.98. The van der Waals surface area contributed by atoms with E-state index in [9.17, 15) is 0 Å². The number of nitrogens with zero attached hydrogens (tertiary/aromatic N) is 3. The molecule has 0 radical (unpaired) electrons. The fourth-order valence-corrected chi connectivity index (χ4v) is 2.56. The third-order valence-electron chi connectivity index (χ3n) is 2.82. The van der Waals surface area contributed by atoms with Crippen LogP contribution in [0.15, 0.2) is 30.3 Å². The molecule has 3 rings (SSSR count). The number of nitrogens with two attached hydrogens (primary N) is 1. The van der Waals surface area contributed by atoms with Crippen molar-refractivity contribution in [3.8, 4) is 6.07 Å². The van der Waals surface area contributed by atoms with Crippen LogP contribution in [0.2, 0.25) is 5.02 Å². The average Bonchev–Trinajstić information content (AvgIpc) is 2.92. The molecular formula is C13H8ClN5S. The van der Waals surface area contributed by atoms with Crippen molar-refractivity contribution in [2.24, 2.45) is 0 Å². The summed E-state index contributed by atoms with van der Waals surface area (Å²) < 4.78 is 8.39. The molecule has 20 heavy (non-hydrogen) atoms. The van der Waals surface area contributed by atoms with E-state index in [4.69, 9.17) is 22.6 Å². The second-order valence-electron chi connectivity index (χ2n) is 4.09. The van der Waals surface area contributed by atoms with Crippen molar-refractivity contribution in [3.05, 3.63) is 40.9 Å². The molecule has 0 aliphatic heterocycles. The van der Waals surface area contributed by atoms with Gasteiger partial charge in [-0.3, -0.25) is 0 Å². The number of hydrogen-bond acceptors (Lipinski definition) is 6. The largest absolute Gasteiger partial charge is 0.397 e. The predicted molar refractivity (Wildman–Crippen MR) is 81.3 cm³/mol. The highest BCUT2D eigenvalue weighted by molar-refractivity contribution is 7.00. The quantitative estimate of drug-likeness (QED) is 0.707. The van der Waals surface area contributed by atoms with Gasteiger partial charge in [-0.15, -0.1) is 0 Å². The Morgan fingerprint density at radius 3 is 2.90 bits per heavy atom. The van der Waals surface area contributed by atoms with Gasteiger partial charge >= 0.3 is 0 Å². The third-order valence-corrected chi connectivity index (χ3v) is 3.68. The van der Waals surface area contributed by atoms with Gasteiger partial charge in [-0.25, -0.2) is 0 Å². The van der Waals surface area contributed by atoms with Crippen molar-refractivity contribution in [2.75, 3.05) is 11.1 Å². The third kappa shape index (κ3) is 2.13. The van der Waals surface area contributed by atoms with Crippen molar-refractivity contribution < 1.29 is 0 Å². The SMILES string of the molecule is N#Cc1ccc(N)c(Nc2c(Cl)ccc3nsnc23)c1. The molecule has 0 spiro atoms. The zero-order valence-electron chi connectivity index (χ0n) is 10.1. The highest BCUT2D eigenvalue weighted by atomic mass is 35.5. The number of nitriles is 1. The van der Waals surface area contributed by atoms with E-state index in [1.165, 1.54) is 0 Å². The summed E-state index contributed by atoms with van der Waals surface area (Å²) in [6.07, 6.45) is 0. The second kappa shape index (κ2) is 4.96. The summed E-state index contributed by atoms with van der Waals surface area (Å²) in [4.78, 5) is 0. The molecule has 7 heteroatoms. The number of benzene rings is 2. The van der Waals surface area contributed by atoms with Crippen LogP contribution in [-0.2, 0) is 0 Å². The van der Waals surface area contributed by atoms with E-state index in [0.717, 1.165) is 17.2 Å². The van der Waals surface area contributed by atoms with Gasteiger partial charge in [-0.05, 0) is 30.3 Å². The van der Waals surface area contributed by atoms with E-state index in [1.54, 1.807) is 30.3 Å². The fraction of sp³-hybridized carbons (Fsp3) is 0. The number of nitrogens with one attached hydrogen (secondary N) is 1. The monoisotopic (exact) mass is 301 g/mol. The molecular weight excluding hydrogens is 294 g/mol. The highest BCUT2D eigenvalue weighted by Crippen LogP contribution is 2.34. The Kier molecular flexibility index (Phi) is 3.14. The van der Waals surface area contributed by atoms with Crippen LogP contribution in [-0.4, -0.2) is 8.75 Å². The van der Waals surface area contributed by atoms with Gasteiger partial charge in [0.15, 0.2) is 0 Å². The lowest BCUT2D eigenvalue weighted by atomic mass is 10.1. The van der Waals surface area contributed by atoms with E-state index in [0.29, 0.717) is 33.2 Å². The van der Waals surface area contributed by atoms with E-state index in [-0.39, 0.29) is 0 Å². The number of halogens is 1. The molecule has 0 aliphatic carbocycles. The van der Waals surface area contributed by atoms with Crippen molar-refractivity contribution in [1.29, 1.82) is 5.26 Å². The molecule has 0 saturated heterocycles. The minimum atomic E-state index is 0.515. The van der Waals surface area contributed by atoms with Gasteiger partial charge in [-0.2, -0.15) is 14.0 Å². The van der Waals surface area contributed by atoms with Gasteiger partial charge in [0.25, 0.3) is 0 Å². The molecule has 2 aromatic carbocycles. The first kappa shape index (κ1) is 12.7. The molecule has 1 heterocycles. The van der Waals surface area contributed by atoms with Crippen molar-refractivity contribution >= 4 is 51.4 Å². The Morgan fingerprint density at radius 1 is 1.25 bits per heavy atom. The first-order valence-electron chi connectivity index (χ1n) is 5.66. The molecule has 0 amide bonds. The summed E-state index contributed by atoms with van der Waals surface area (Å²) in [5.74, 6) is 0. The summed E-state index contributed by atoms with van der Waals surface area (Å²) in [6, 6.07) is 10.6. The topological polar surface area (TPSA) is 87.6 Å². The van der Waals surface area contributed by atoms with Crippen LogP contribution in [0.5, 0.6) is 0 Å². The molecule has 0 unspecified atom stereocenters. The average molecular weight is 302 g/mol. The van der Waals surface area contributed by atoms with Gasteiger partial charge in [0, 0.05) is 0 Å². The second-order valence-corrected chi connectivity index (χ2v) is 5.03. The summed E-state index contributed by atoms with van der Waals surface area (Å²) in [5, 5.41) is 12.6. The van der Waals surface area contributed by atoms with E-state index in [2.05, 4.69) is 20.1 Å². The Morgan fingerprint density at radius 2 is 2.10 bits per heavy atom. The normalized spacial score (nSPS) is 10.4. The standard InChI is InChI=1S/C13H8ClN5S/c14-8-2-4-10-13(19-20-18-10)12(8)17-11-5-7(6-15)1-3-9(11)16/h1-5,17H,16H2. The van der Waals surface area contributed by atoms with Crippen LogP contribution in [0.3, 0.4) is 0 Å². The number of nitrogen functional groups attached to an aromatic ring is 1. The minimum absolute atomic E-state index is 0.515. The highest BCUT2D eigenvalue weighted by Gasteiger charge is 2.11. The van der Waals surface area contributed by atoms with Gasteiger partial charge in [0.1, 0.15) is 11.0 Å². The van der Waals surface area contributed by atoms with Crippen LogP contribution in [0, 0.1) is 11.3 Å². The molecule has 0 bridgehead atoms. The molecule has 0 saturated carbocycles. The summed E-state index contributed by atoms with van der Waals surface area (Å²) >= 11 is 7.32. The smallest absolute Gasteiger partial charge is 0.129 e. The molecule has 0 atom stereocenters. The Hall–Kier alpha value is -2.36. The maximum Gasteiger partial charge on any atom is 0.129 e. The maximum absolute atomic E-state index is 8.95. The van der Waals surface area contributed by atoms with Crippen molar-refractivity contribution in [3.63, 3.8) is 0 Å². The lowest BCUT2D eigenvalue weighted by molar-refractivity contribution is 1.47. The maximum atomic E-state index is 8.95. The van der Waals surface area contributed by atoms with Crippen LogP contribution in [0.1, 0.15) is 5.56 Å². The summed E-state index contributed by atoms with van der Waals surface area (Å²) in [5.41, 5.74) is 9.66. The number of fused-ring (bicyclic) bond motifs is 1. The van der Waals surface area contributed by atoms with Crippen molar-refractivity contribution in [1.82, 2.24) is 8.75 Å². The Bertz CT molecular complexity index is 836. The molecule has 0 fully saturated rings. The van der Waals surface area contributed by atoms with Gasteiger partial charge in [0.05, 0.1) is 45.4 Å². The number of aromatic nitrogens is 2. The first-order valence-corrected chi connectivity index (χ1v) is 6.77. The van der Waals surface area contributed by atoms with Crippen LogP contribution >= 0.6 is 23.3 Å². The number of rotatable bonds is 2. The summed E-state index contributed by atoms with van der Waals surface area (Å²) in [7, 11) is 0. The van der Waals surface area contributed by atoms with Crippen LogP contribution < -0.4 is 11.1 Å². The zero-order valence-corrected chi connectivity index (χ0v) is 11.7. The zero-order chi connectivity index (χ0) is 14.1. The first-order chi connectivity index (χ1) is 9.69. The Labute approximate surface area is 123 Å². The molecule has 5 nitrogen and oxygen atoms in total. The summed E-state index contributed by atoms with van der Waals surface area (Å²) in [6.45, 7) is 0. The molecule has 1 aromatic heterocycles. The van der Waals surface area contributed by atoms with E-state index >= 15 is 0 Å². The van der Waals surface area contributed by atoms with Crippen molar-refractivity contribution in [2.45, 2.75) is 0 Å². The van der Waals surface area contributed by atoms with Crippen LogP contribution in [0.4, 0.5) is 17.1 Å².